The van der Waals surface area contributed by atoms with Crippen LogP contribution in [0.1, 0.15) is 36.1 Å². The number of amides is 1. The number of Topliss-reactive ketones (excluding diaryl/α,β-unsaturated/α-hetero) is 1. The Labute approximate surface area is 258 Å². The lowest BCUT2D eigenvalue weighted by molar-refractivity contribution is -0.129. The standard InChI is InChI=1S/C24H27N3O3.C6H8N2.C4H6O2/c1-17-2-7-20(8-3-17)27-21-9-4-18(5-10-21)12-13-25-15-24(30)19-6-11-23(29)22(14-19)26-16-28;1-7-6-4-2-3-5-8-6;1-2-4(6)3-5/h2-11,14,16,24-25,27,29-30H,12-13,15H2,1H3,(H,26,28);2-5H,1H3,(H,7,8);3H,2H2,1H3. The number of hydrogen-bond donors (Lipinski definition) is 6. The van der Waals surface area contributed by atoms with Crippen molar-refractivity contribution in [1.82, 2.24) is 10.3 Å². The molecule has 0 spiro atoms. The van der Waals surface area contributed by atoms with Gasteiger partial charge < -0.3 is 31.5 Å². The minimum Gasteiger partial charge on any atom is -0.506 e. The molecule has 10 heteroatoms. The molecule has 0 bridgehead atoms. The number of hydrogen-bond acceptors (Lipinski definition) is 9. The van der Waals surface area contributed by atoms with Crippen LogP contribution < -0.4 is 21.3 Å². The SMILES string of the molecule is CCC(=O)C=O.CNc1ccccn1.Cc1ccc(Nc2ccc(CCNCC(O)c3ccc(O)c(NC=O)c3)cc2)cc1. The molecule has 232 valence electrons. The maximum absolute atomic E-state index is 10.6. The van der Waals surface area contributed by atoms with E-state index >= 15 is 0 Å². The number of carbonyl (C=O) groups is 3. The summed E-state index contributed by atoms with van der Waals surface area (Å²) >= 11 is 0. The summed E-state index contributed by atoms with van der Waals surface area (Å²) in [6.45, 7) is 4.81. The summed E-state index contributed by atoms with van der Waals surface area (Å²) in [6, 6.07) is 27.0. The molecule has 4 rings (SSSR count). The van der Waals surface area contributed by atoms with Crippen molar-refractivity contribution in [3.05, 3.63) is 108 Å². The molecular weight excluding hydrogens is 558 g/mol. The third-order valence-corrected chi connectivity index (χ3v) is 6.24. The lowest BCUT2D eigenvalue weighted by Crippen LogP contribution is -2.23. The average Bonchev–Trinajstić information content (AvgIpc) is 3.06. The Hall–Kier alpha value is -5.06. The summed E-state index contributed by atoms with van der Waals surface area (Å²) in [7, 11) is 1.85. The summed E-state index contributed by atoms with van der Waals surface area (Å²) in [4.78, 5) is 33.8. The minimum absolute atomic E-state index is 0.0358. The van der Waals surface area contributed by atoms with Crippen molar-refractivity contribution >= 4 is 41.4 Å². The number of aromatic nitrogens is 1. The molecule has 0 aliphatic carbocycles. The van der Waals surface area contributed by atoms with Crippen molar-refractivity contribution in [2.45, 2.75) is 32.8 Å². The molecule has 1 aromatic heterocycles. The normalized spacial score (nSPS) is 10.5. The summed E-state index contributed by atoms with van der Waals surface area (Å²) in [5.41, 5.74) is 5.44. The van der Waals surface area contributed by atoms with Gasteiger partial charge in [-0.1, -0.05) is 48.9 Å². The van der Waals surface area contributed by atoms with Gasteiger partial charge in [-0.15, -0.1) is 0 Å². The summed E-state index contributed by atoms with van der Waals surface area (Å²) < 4.78 is 0. The van der Waals surface area contributed by atoms with Gasteiger partial charge in [-0.25, -0.2) is 4.98 Å². The van der Waals surface area contributed by atoms with Crippen LogP contribution in [0.15, 0.2) is 91.1 Å². The first-order valence-corrected chi connectivity index (χ1v) is 14.2. The van der Waals surface area contributed by atoms with Crippen LogP contribution in [0.5, 0.6) is 5.75 Å². The van der Waals surface area contributed by atoms with Crippen molar-refractivity contribution < 1.29 is 24.6 Å². The number of nitrogens with one attached hydrogen (secondary N) is 4. The Morgan fingerprint density at radius 1 is 0.955 bits per heavy atom. The fourth-order valence-corrected chi connectivity index (χ4v) is 3.68. The topological polar surface area (TPSA) is 153 Å². The number of phenols is 1. The molecule has 4 aromatic rings. The highest BCUT2D eigenvalue weighted by Crippen LogP contribution is 2.26. The quantitative estimate of drug-likeness (QED) is 0.0529. The molecule has 44 heavy (non-hydrogen) atoms. The number of phenolic OH excluding ortho intramolecular Hbond substituents is 1. The number of pyridine rings is 1. The highest BCUT2D eigenvalue weighted by atomic mass is 16.3. The molecule has 0 aliphatic heterocycles. The first-order valence-electron chi connectivity index (χ1n) is 14.2. The minimum atomic E-state index is -0.737. The Morgan fingerprint density at radius 3 is 2.16 bits per heavy atom. The molecule has 10 nitrogen and oxygen atoms in total. The molecular formula is C34H41N5O5. The second-order valence-electron chi connectivity index (χ2n) is 9.60. The number of anilines is 4. The van der Waals surface area contributed by atoms with E-state index < -0.39 is 6.10 Å². The van der Waals surface area contributed by atoms with Gasteiger partial charge in [-0.2, -0.15) is 0 Å². The van der Waals surface area contributed by atoms with Crippen LogP contribution in [0, 0.1) is 6.92 Å². The van der Waals surface area contributed by atoms with Crippen LogP contribution in [0.25, 0.3) is 0 Å². The second kappa shape index (κ2) is 20.0. The number of aliphatic hydroxyl groups is 1. The van der Waals surface area contributed by atoms with Crippen LogP contribution in [0.4, 0.5) is 22.9 Å². The monoisotopic (exact) mass is 599 g/mol. The maximum atomic E-state index is 10.6. The maximum Gasteiger partial charge on any atom is 0.211 e. The molecule has 0 radical (unpaired) electrons. The Balaban J connectivity index is 0.000000396. The van der Waals surface area contributed by atoms with E-state index in [-0.39, 0.29) is 17.2 Å². The number of carbonyl (C=O) groups excluding carboxylic acids is 3. The number of aromatic hydroxyl groups is 1. The summed E-state index contributed by atoms with van der Waals surface area (Å²) in [5.74, 6) is 0.536. The second-order valence-corrected chi connectivity index (χ2v) is 9.60. The Kier molecular flexibility index (Phi) is 15.9. The van der Waals surface area contributed by atoms with Crippen LogP contribution >= 0.6 is 0 Å². The highest BCUT2D eigenvalue weighted by molar-refractivity contribution is 6.24. The lowest BCUT2D eigenvalue weighted by Gasteiger charge is -2.14. The Morgan fingerprint density at radius 2 is 1.64 bits per heavy atom. The van der Waals surface area contributed by atoms with E-state index in [0.717, 1.165) is 30.2 Å². The third kappa shape index (κ3) is 13.3. The van der Waals surface area contributed by atoms with E-state index in [9.17, 15) is 24.6 Å². The van der Waals surface area contributed by atoms with E-state index in [1.165, 1.54) is 17.2 Å². The average molecular weight is 600 g/mol. The molecule has 0 aliphatic rings. The van der Waals surface area contributed by atoms with Gasteiger partial charge in [0.15, 0.2) is 12.1 Å². The van der Waals surface area contributed by atoms with Crippen molar-refractivity contribution in [3.63, 3.8) is 0 Å². The predicted molar refractivity (Wildman–Crippen MR) is 175 cm³/mol. The van der Waals surface area contributed by atoms with E-state index in [2.05, 4.69) is 81.7 Å². The van der Waals surface area contributed by atoms with Gasteiger partial charge in [0.2, 0.25) is 6.41 Å². The van der Waals surface area contributed by atoms with Crippen LogP contribution in [-0.4, -0.2) is 53.8 Å². The predicted octanol–water partition coefficient (Wildman–Crippen LogP) is 5.17. The van der Waals surface area contributed by atoms with Gasteiger partial charge in [0.1, 0.15) is 11.6 Å². The number of benzene rings is 3. The van der Waals surface area contributed by atoms with Gasteiger partial charge >= 0.3 is 0 Å². The van der Waals surface area contributed by atoms with E-state index in [0.29, 0.717) is 31.2 Å². The van der Waals surface area contributed by atoms with Gasteiger partial charge in [-0.05, 0) is 79.5 Å². The fourth-order valence-electron chi connectivity index (χ4n) is 3.68. The number of nitrogens with zero attached hydrogens (tertiary/aromatic N) is 1. The number of aldehydes is 1. The van der Waals surface area contributed by atoms with Gasteiger partial charge in [0.05, 0.1) is 11.8 Å². The molecule has 0 saturated carbocycles. The molecule has 6 N–H and O–H groups in total. The van der Waals surface area contributed by atoms with E-state index in [1.54, 1.807) is 25.3 Å². The largest absolute Gasteiger partial charge is 0.506 e. The zero-order valence-electron chi connectivity index (χ0n) is 25.3. The van der Waals surface area contributed by atoms with Gasteiger partial charge in [-0.3, -0.25) is 14.4 Å². The highest BCUT2D eigenvalue weighted by Gasteiger charge is 2.10. The van der Waals surface area contributed by atoms with Crippen molar-refractivity contribution in [2.75, 3.05) is 36.1 Å². The zero-order chi connectivity index (χ0) is 32.2. The first-order chi connectivity index (χ1) is 21.3. The zero-order valence-corrected chi connectivity index (χ0v) is 25.3. The van der Waals surface area contributed by atoms with Crippen LogP contribution in [0.3, 0.4) is 0 Å². The third-order valence-electron chi connectivity index (χ3n) is 6.24. The smallest absolute Gasteiger partial charge is 0.211 e. The fraction of sp³-hybridized carbons (Fsp3) is 0.235. The van der Waals surface area contributed by atoms with E-state index in [4.69, 9.17) is 0 Å². The van der Waals surface area contributed by atoms with Gasteiger partial charge in [0, 0.05) is 37.6 Å². The Bertz CT molecular complexity index is 1410. The van der Waals surface area contributed by atoms with Gasteiger partial charge in [0.25, 0.3) is 0 Å². The number of ketones is 1. The van der Waals surface area contributed by atoms with Crippen LogP contribution in [0.2, 0.25) is 0 Å². The van der Waals surface area contributed by atoms with Crippen LogP contribution in [-0.2, 0) is 20.8 Å². The number of aryl methyl sites for hydroxylation is 1. The summed E-state index contributed by atoms with van der Waals surface area (Å²) in [6.07, 6.45) is 3.00. The molecule has 1 unspecified atom stereocenters. The summed E-state index contributed by atoms with van der Waals surface area (Å²) in [5, 5.41) is 32.0. The van der Waals surface area contributed by atoms with Crippen molar-refractivity contribution in [2.24, 2.45) is 0 Å². The molecule has 1 atom stereocenters. The van der Waals surface area contributed by atoms with Crippen molar-refractivity contribution in [3.8, 4) is 5.75 Å². The lowest BCUT2D eigenvalue weighted by atomic mass is 10.1. The molecule has 1 heterocycles. The molecule has 0 fully saturated rings. The number of aliphatic hydroxyl groups excluding tert-OH is 1. The molecule has 3 aromatic carbocycles. The molecule has 0 saturated heterocycles. The number of rotatable bonds is 13. The van der Waals surface area contributed by atoms with Crippen molar-refractivity contribution in [1.29, 1.82) is 0 Å². The molecule has 1 amide bonds. The first kappa shape index (κ1) is 35.1. The van der Waals surface area contributed by atoms with E-state index in [1.807, 2.05) is 25.2 Å².